The van der Waals surface area contributed by atoms with Crippen molar-refractivity contribution >= 4 is 11.9 Å². The number of phenols is 1. The van der Waals surface area contributed by atoms with Crippen LogP contribution in [-0.4, -0.2) is 17.0 Å². The lowest BCUT2D eigenvalue weighted by molar-refractivity contribution is -0.134. The zero-order valence-electron chi connectivity index (χ0n) is 15.5. The average Bonchev–Trinajstić information content (AvgIpc) is 3.01. The lowest BCUT2D eigenvalue weighted by Gasteiger charge is -2.36. The largest absolute Gasteiger partial charge is 0.508 e. The quantitative estimate of drug-likeness (QED) is 0.521. The summed E-state index contributed by atoms with van der Waals surface area (Å²) in [6, 6.07) is 16.9. The Kier molecular flexibility index (Phi) is 3.64. The fraction of sp³-hybridized carbons (Fsp3) is 0.130. The topological polar surface area (TPSA) is 82.1 Å². The van der Waals surface area contributed by atoms with Crippen LogP contribution in [0, 0.1) is 0 Å². The van der Waals surface area contributed by atoms with Crippen LogP contribution in [0.1, 0.15) is 40.4 Å². The summed E-state index contributed by atoms with van der Waals surface area (Å²) >= 11 is 0. The Bertz CT molecular complexity index is 1180. The highest BCUT2D eigenvalue weighted by molar-refractivity contribution is 5.97. The molecule has 0 amide bonds. The summed E-state index contributed by atoms with van der Waals surface area (Å²) in [4.78, 5) is 24.4. The van der Waals surface area contributed by atoms with Crippen LogP contribution < -0.4 is 9.47 Å². The van der Waals surface area contributed by atoms with Gasteiger partial charge in [0.25, 0.3) is 0 Å². The third kappa shape index (κ3) is 2.42. The number of benzene rings is 3. The molecule has 3 aromatic carbocycles. The molecule has 0 bridgehead atoms. The minimum Gasteiger partial charge on any atom is -0.508 e. The number of rotatable bonds is 2. The van der Waals surface area contributed by atoms with Crippen LogP contribution in [0.4, 0.5) is 0 Å². The summed E-state index contributed by atoms with van der Waals surface area (Å²) < 4.78 is 17.3. The first-order valence-electron chi connectivity index (χ1n) is 9.22. The first kappa shape index (κ1) is 17.3. The van der Waals surface area contributed by atoms with Crippen LogP contribution >= 0.6 is 0 Å². The molecule has 0 saturated carbocycles. The first-order chi connectivity index (χ1) is 14.0. The van der Waals surface area contributed by atoms with Crippen molar-refractivity contribution < 1.29 is 28.9 Å². The molecular weight excluding hydrogens is 372 g/mol. The summed E-state index contributed by atoms with van der Waals surface area (Å²) in [5, 5.41) is 9.96. The van der Waals surface area contributed by atoms with Gasteiger partial charge >= 0.3 is 11.9 Å². The monoisotopic (exact) mass is 388 g/mol. The van der Waals surface area contributed by atoms with E-state index in [1.54, 1.807) is 43.3 Å². The van der Waals surface area contributed by atoms with Gasteiger partial charge in [0.05, 0.1) is 5.56 Å². The molecule has 144 valence electrons. The van der Waals surface area contributed by atoms with Gasteiger partial charge in [0.2, 0.25) is 0 Å². The van der Waals surface area contributed by atoms with Crippen molar-refractivity contribution in [3.05, 3.63) is 82.9 Å². The van der Waals surface area contributed by atoms with Crippen molar-refractivity contribution in [2.75, 3.05) is 0 Å². The standard InChI is InChI=1S/C23H16O6/c1-2-21(25)27-14-8-10-18-20(12-14)28-19-11-13(24)7-9-17(19)23(18)16-6-4-3-5-15(16)22(26)29-23/h3-12,24H,2H2,1H3. The molecule has 0 saturated heterocycles. The fourth-order valence-corrected chi connectivity index (χ4v) is 3.91. The van der Waals surface area contributed by atoms with Crippen LogP contribution in [0.3, 0.4) is 0 Å². The van der Waals surface area contributed by atoms with Crippen LogP contribution in [0.25, 0.3) is 0 Å². The molecule has 1 N–H and O–H groups in total. The van der Waals surface area contributed by atoms with Gasteiger partial charge in [0.1, 0.15) is 23.0 Å². The number of carbonyl (C=O) groups excluding carboxylic acids is 2. The number of hydrogen-bond acceptors (Lipinski definition) is 6. The van der Waals surface area contributed by atoms with Gasteiger partial charge in [-0.2, -0.15) is 0 Å². The van der Waals surface area contributed by atoms with Crippen molar-refractivity contribution in [2.24, 2.45) is 0 Å². The van der Waals surface area contributed by atoms with Gasteiger partial charge < -0.3 is 19.3 Å². The second kappa shape index (κ2) is 6.10. The molecule has 6 nitrogen and oxygen atoms in total. The van der Waals surface area contributed by atoms with E-state index < -0.39 is 11.6 Å². The predicted molar refractivity (Wildman–Crippen MR) is 102 cm³/mol. The Morgan fingerprint density at radius 2 is 1.72 bits per heavy atom. The van der Waals surface area contributed by atoms with E-state index in [-0.39, 0.29) is 18.1 Å². The van der Waals surface area contributed by atoms with E-state index in [0.29, 0.717) is 39.5 Å². The minimum atomic E-state index is -1.21. The van der Waals surface area contributed by atoms with Gasteiger partial charge in [-0.3, -0.25) is 4.79 Å². The fourth-order valence-electron chi connectivity index (χ4n) is 3.91. The summed E-state index contributed by atoms with van der Waals surface area (Å²) in [7, 11) is 0. The Balaban J connectivity index is 1.77. The van der Waals surface area contributed by atoms with Crippen molar-refractivity contribution in [1.82, 2.24) is 0 Å². The van der Waals surface area contributed by atoms with Crippen molar-refractivity contribution in [3.63, 3.8) is 0 Å². The molecule has 0 aliphatic carbocycles. The van der Waals surface area contributed by atoms with Crippen LogP contribution in [0.15, 0.2) is 60.7 Å². The van der Waals surface area contributed by atoms with Crippen LogP contribution in [0.2, 0.25) is 0 Å². The molecule has 2 aliphatic heterocycles. The van der Waals surface area contributed by atoms with E-state index in [9.17, 15) is 14.7 Å². The smallest absolute Gasteiger partial charge is 0.340 e. The molecule has 1 atom stereocenters. The number of carbonyl (C=O) groups is 2. The van der Waals surface area contributed by atoms with E-state index in [1.807, 2.05) is 12.1 Å². The summed E-state index contributed by atoms with van der Waals surface area (Å²) in [5.74, 6) is 0.288. The number of fused-ring (bicyclic) bond motifs is 6. The Morgan fingerprint density at radius 1 is 1.00 bits per heavy atom. The lowest BCUT2D eigenvalue weighted by atomic mass is 9.77. The molecular formula is C23H16O6. The maximum atomic E-state index is 12.7. The van der Waals surface area contributed by atoms with Gasteiger partial charge in [0.15, 0.2) is 5.60 Å². The van der Waals surface area contributed by atoms with Crippen molar-refractivity contribution in [2.45, 2.75) is 18.9 Å². The predicted octanol–water partition coefficient (Wildman–Crippen LogP) is 4.28. The van der Waals surface area contributed by atoms with Crippen molar-refractivity contribution in [1.29, 1.82) is 0 Å². The van der Waals surface area contributed by atoms with E-state index in [0.717, 1.165) is 0 Å². The van der Waals surface area contributed by atoms with E-state index in [1.165, 1.54) is 12.1 Å². The molecule has 1 spiro atoms. The van der Waals surface area contributed by atoms with Crippen LogP contribution in [-0.2, 0) is 15.1 Å². The second-order valence-electron chi connectivity index (χ2n) is 6.88. The zero-order valence-corrected chi connectivity index (χ0v) is 15.5. The average molecular weight is 388 g/mol. The molecule has 0 radical (unpaired) electrons. The van der Waals surface area contributed by atoms with Gasteiger partial charge in [-0.05, 0) is 30.3 Å². The number of phenolic OH excluding ortho intramolecular Hbond substituents is 1. The number of hydrogen-bond donors (Lipinski definition) is 1. The Morgan fingerprint density at radius 3 is 2.52 bits per heavy atom. The molecule has 3 aromatic rings. The minimum absolute atomic E-state index is 0.0218. The number of esters is 2. The van der Waals surface area contributed by atoms with Gasteiger partial charge in [-0.1, -0.05) is 25.1 Å². The highest BCUT2D eigenvalue weighted by Gasteiger charge is 2.53. The molecule has 2 aliphatic rings. The number of aromatic hydroxyl groups is 1. The third-order valence-corrected chi connectivity index (χ3v) is 5.19. The zero-order chi connectivity index (χ0) is 20.2. The Hall–Kier alpha value is -3.80. The van der Waals surface area contributed by atoms with Gasteiger partial charge in [-0.15, -0.1) is 0 Å². The molecule has 1 unspecified atom stereocenters. The molecule has 6 heteroatoms. The van der Waals surface area contributed by atoms with Crippen molar-refractivity contribution in [3.8, 4) is 23.0 Å². The Labute approximate surface area is 166 Å². The third-order valence-electron chi connectivity index (χ3n) is 5.19. The molecule has 0 fully saturated rings. The molecule has 5 rings (SSSR count). The highest BCUT2D eigenvalue weighted by Crippen LogP contribution is 2.56. The number of ether oxygens (including phenoxy) is 3. The van der Waals surface area contributed by atoms with Gasteiger partial charge in [-0.25, -0.2) is 4.79 Å². The normalized spacial score (nSPS) is 18.3. The highest BCUT2D eigenvalue weighted by atomic mass is 16.6. The SMILES string of the molecule is CCC(=O)Oc1ccc2c(c1)Oc1cc(O)ccc1C21OC(=O)c2ccccc21. The maximum absolute atomic E-state index is 12.7. The van der Waals surface area contributed by atoms with E-state index >= 15 is 0 Å². The molecule has 2 heterocycles. The first-order valence-corrected chi connectivity index (χ1v) is 9.22. The van der Waals surface area contributed by atoms with Gasteiger partial charge in [0, 0.05) is 35.2 Å². The summed E-state index contributed by atoms with van der Waals surface area (Å²) in [6.45, 7) is 1.71. The molecule has 29 heavy (non-hydrogen) atoms. The van der Waals surface area contributed by atoms with Crippen LogP contribution in [0.5, 0.6) is 23.0 Å². The van der Waals surface area contributed by atoms with E-state index in [4.69, 9.17) is 14.2 Å². The summed E-state index contributed by atoms with van der Waals surface area (Å²) in [6.07, 6.45) is 0.240. The lowest BCUT2D eigenvalue weighted by Crippen LogP contribution is -2.33. The van der Waals surface area contributed by atoms with E-state index in [2.05, 4.69) is 0 Å². The summed E-state index contributed by atoms with van der Waals surface area (Å²) in [5.41, 5.74) is 1.18. The second-order valence-corrected chi connectivity index (χ2v) is 6.88. The molecule has 0 aromatic heterocycles. The maximum Gasteiger partial charge on any atom is 0.340 e.